The van der Waals surface area contributed by atoms with E-state index in [9.17, 15) is 4.79 Å². The number of nitrogens with one attached hydrogen (secondary N) is 1. The van der Waals surface area contributed by atoms with Gasteiger partial charge < -0.3 is 9.84 Å². The fraction of sp³-hybridized carbons (Fsp3) is 0.375. The molecule has 0 saturated heterocycles. The number of nitrogens with zero attached hydrogens (tertiary/aromatic N) is 1. The number of rotatable bonds is 4. The van der Waals surface area contributed by atoms with Gasteiger partial charge in [0.15, 0.2) is 0 Å². The lowest BCUT2D eigenvalue weighted by Crippen LogP contribution is -2.15. The van der Waals surface area contributed by atoms with Crippen molar-refractivity contribution in [2.24, 2.45) is 0 Å². The van der Waals surface area contributed by atoms with Crippen LogP contribution in [0.1, 0.15) is 53.6 Å². The standard InChI is InChI=1S/C16H20N2O2/c1-5-10(2)13-8-6-7-9-14(13)17-16(19)15-11(3)18-20-12(15)4/h6-10H,5H2,1-4H3,(H,17,19). The van der Waals surface area contributed by atoms with Crippen LogP contribution in [0.25, 0.3) is 0 Å². The smallest absolute Gasteiger partial charge is 0.261 e. The average molecular weight is 272 g/mol. The zero-order valence-electron chi connectivity index (χ0n) is 12.4. The molecular weight excluding hydrogens is 252 g/mol. The molecule has 1 N–H and O–H groups in total. The fourth-order valence-electron chi connectivity index (χ4n) is 2.25. The predicted molar refractivity (Wildman–Crippen MR) is 79.1 cm³/mol. The van der Waals surface area contributed by atoms with E-state index in [-0.39, 0.29) is 5.91 Å². The first-order chi connectivity index (χ1) is 9.54. The molecule has 2 aromatic rings. The van der Waals surface area contributed by atoms with Crippen LogP contribution in [0.3, 0.4) is 0 Å². The van der Waals surface area contributed by atoms with Gasteiger partial charge in [-0.3, -0.25) is 4.79 Å². The largest absolute Gasteiger partial charge is 0.361 e. The van der Waals surface area contributed by atoms with E-state index in [0.29, 0.717) is 22.9 Å². The van der Waals surface area contributed by atoms with Gasteiger partial charge in [-0.25, -0.2) is 0 Å². The number of aromatic nitrogens is 1. The third kappa shape index (κ3) is 2.74. The van der Waals surface area contributed by atoms with Crippen molar-refractivity contribution < 1.29 is 9.32 Å². The first-order valence-electron chi connectivity index (χ1n) is 6.87. The number of hydrogen-bond donors (Lipinski definition) is 1. The van der Waals surface area contributed by atoms with E-state index in [2.05, 4.69) is 30.4 Å². The van der Waals surface area contributed by atoms with Crippen molar-refractivity contribution in [3.05, 3.63) is 46.8 Å². The van der Waals surface area contributed by atoms with E-state index in [0.717, 1.165) is 17.7 Å². The zero-order chi connectivity index (χ0) is 14.7. The first-order valence-corrected chi connectivity index (χ1v) is 6.87. The summed E-state index contributed by atoms with van der Waals surface area (Å²) in [7, 11) is 0. The Balaban J connectivity index is 2.29. The Kier molecular flexibility index (Phi) is 4.23. The quantitative estimate of drug-likeness (QED) is 0.913. The van der Waals surface area contributed by atoms with E-state index >= 15 is 0 Å². The Hall–Kier alpha value is -2.10. The molecular formula is C16H20N2O2. The minimum atomic E-state index is -0.169. The van der Waals surface area contributed by atoms with E-state index in [4.69, 9.17) is 4.52 Å². The fourth-order valence-corrected chi connectivity index (χ4v) is 2.25. The molecule has 20 heavy (non-hydrogen) atoms. The first kappa shape index (κ1) is 14.3. The summed E-state index contributed by atoms with van der Waals surface area (Å²) in [5, 5.41) is 6.79. The van der Waals surface area contributed by atoms with E-state index in [1.54, 1.807) is 13.8 Å². The summed E-state index contributed by atoms with van der Waals surface area (Å²) in [6.07, 6.45) is 1.03. The van der Waals surface area contributed by atoms with Crippen molar-refractivity contribution in [2.75, 3.05) is 5.32 Å². The molecule has 1 atom stereocenters. The van der Waals surface area contributed by atoms with Crippen molar-refractivity contribution in [3.63, 3.8) is 0 Å². The van der Waals surface area contributed by atoms with E-state index in [1.807, 2.05) is 18.2 Å². The molecule has 2 rings (SSSR count). The second-order valence-electron chi connectivity index (χ2n) is 5.05. The van der Waals surface area contributed by atoms with Gasteiger partial charge in [-0.15, -0.1) is 0 Å². The Morgan fingerprint density at radius 1 is 1.35 bits per heavy atom. The van der Waals surface area contributed by atoms with Crippen LogP contribution in [0, 0.1) is 13.8 Å². The number of para-hydroxylation sites is 1. The highest BCUT2D eigenvalue weighted by Crippen LogP contribution is 2.27. The lowest BCUT2D eigenvalue weighted by Gasteiger charge is -2.15. The third-order valence-electron chi connectivity index (χ3n) is 3.61. The monoisotopic (exact) mass is 272 g/mol. The number of amides is 1. The molecule has 106 valence electrons. The van der Waals surface area contributed by atoms with Crippen LogP contribution >= 0.6 is 0 Å². The lowest BCUT2D eigenvalue weighted by molar-refractivity contribution is 0.102. The van der Waals surface area contributed by atoms with Crippen molar-refractivity contribution in [1.29, 1.82) is 0 Å². The van der Waals surface area contributed by atoms with Crippen LogP contribution in [0.4, 0.5) is 5.69 Å². The Bertz CT molecular complexity index is 597. The molecule has 0 bridgehead atoms. The highest BCUT2D eigenvalue weighted by Gasteiger charge is 2.19. The van der Waals surface area contributed by atoms with E-state index < -0.39 is 0 Å². The van der Waals surface area contributed by atoms with Gasteiger partial charge in [-0.2, -0.15) is 0 Å². The molecule has 1 heterocycles. The zero-order valence-corrected chi connectivity index (χ0v) is 12.4. The van der Waals surface area contributed by atoms with Crippen LogP contribution in [0.5, 0.6) is 0 Å². The molecule has 0 fully saturated rings. The van der Waals surface area contributed by atoms with Crippen molar-refractivity contribution >= 4 is 11.6 Å². The van der Waals surface area contributed by atoms with Crippen LogP contribution in [0.15, 0.2) is 28.8 Å². The van der Waals surface area contributed by atoms with Crippen LogP contribution in [0.2, 0.25) is 0 Å². The molecule has 1 aromatic carbocycles. The van der Waals surface area contributed by atoms with Crippen molar-refractivity contribution in [3.8, 4) is 0 Å². The minimum absolute atomic E-state index is 0.169. The summed E-state index contributed by atoms with van der Waals surface area (Å²) in [6, 6.07) is 7.90. The molecule has 1 unspecified atom stereocenters. The summed E-state index contributed by atoms with van der Waals surface area (Å²) in [5.41, 5.74) is 3.13. The van der Waals surface area contributed by atoms with Gasteiger partial charge in [0.05, 0.1) is 5.69 Å². The minimum Gasteiger partial charge on any atom is -0.361 e. The highest BCUT2D eigenvalue weighted by molar-refractivity contribution is 6.06. The number of carbonyl (C=O) groups is 1. The average Bonchev–Trinajstić information content (AvgIpc) is 2.78. The van der Waals surface area contributed by atoms with Gasteiger partial charge in [0.2, 0.25) is 0 Å². The molecule has 0 aliphatic carbocycles. The Morgan fingerprint density at radius 2 is 2.05 bits per heavy atom. The summed E-state index contributed by atoms with van der Waals surface area (Å²) in [6.45, 7) is 7.81. The van der Waals surface area contributed by atoms with Crippen molar-refractivity contribution in [2.45, 2.75) is 40.0 Å². The summed E-state index contributed by atoms with van der Waals surface area (Å²) in [4.78, 5) is 12.4. The Morgan fingerprint density at radius 3 is 2.65 bits per heavy atom. The molecule has 0 saturated carbocycles. The van der Waals surface area contributed by atoms with E-state index in [1.165, 1.54) is 0 Å². The van der Waals surface area contributed by atoms with Gasteiger partial charge >= 0.3 is 0 Å². The number of carbonyl (C=O) groups excluding carboxylic acids is 1. The maximum atomic E-state index is 12.4. The molecule has 0 spiro atoms. The molecule has 0 aliphatic rings. The SMILES string of the molecule is CCC(C)c1ccccc1NC(=O)c1c(C)noc1C. The molecule has 0 radical (unpaired) electrons. The molecule has 4 nitrogen and oxygen atoms in total. The number of anilines is 1. The Labute approximate surface area is 119 Å². The number of hydrogen-bond acceptors (Lipinski definition) is 3. The topological polar surface area (TPSA) is 55.1 Å². The predicted octanol–water partition coefficient (Wildman–Crippen LogP) is 4.06. The molecule has 1 aromatic heterocycles. The number of aryl methyl sites for hydroxylation is 2. The molecule has 4 heteroatoms. The molecule has 1 amide bonds. The highest BCUT2D eigenvalue weighted by atomic mass is 16.5. The van der Waals surface area contributed by atoms with Gasteiger partial charge in [0.1, 0.15) is 11.3 Å². The molecule has 0 aliphatic heterocycles. The third-order valence-corrected chi connectivity index (χ3v) is 3.61. The van der Waals surface area contributed by atoms with Crippen molar-refractivity contribution in [1.82, 2.24) is 5.16 Å². The van der Waals surface area contributed by atoms with Gasteiger partial charge in [-0.05, 0) is 37.8 Å². The van der Waals surface area contributed by atoms with Gasteiger partial charge in [0, 0.05) is 5.69 Å². The van der Waals surface area contributed by atoms with Gasteiger partial charge in [-0.1, -0.05) is 37.2 Å². The lowest BCUT2D eigenvalue weighted by atomic mass is 9.96. The second-order valence-corrected chi connectivity index (χ2v) is 5.05. The van der Waals surface area contributed by atoms with Gasteiger partial charge in [0.25, 0.3) is 5.91 Å². The van der Waals surface area contributed by atoms with Crippen LogP contribution < -0.4 is 5.32 Å². The number of benzene rings is 1. The maximum Gasteiger partial charge on any atom is 0.261 e. The summed E-state index contributed by atoms with van der Waals surface area (Å²) in [5.74, 6) is 0.772. The summed E-state index contributed by atoms with van der Waals surface area (Å²) < 4.78 is 5.04. The van der Waals surface area contributed by atoms with Crippen LogP contribution in [-0.4, -0.2) is 11.1 Å². The second kappa shape index (κ2) is 5.90. The maximum absolute atomic E-state index is 12.4. The van der Waals surface area contributed by atoms with Crippen LogP contribution in [-0.2, 0) is 0 Å². The normalized spacial score (nSPS) is 12.2. The summed E-state index contributed by atoms with van der Waals surface area (Å²) >= 11 is 0.